The standard InChI is InChI=1S/C21H30N4O3/c1-14-12-18(14)20(27)24-16-7-5-15(6-8-16)21(28)25-11-3-2-4-17(25)13-23-19(26)9-10-22/h5-8,14,17-18H,2-4,9-13,22H2,1H3,(H,23,26)(H,24,27). The molecule has 1 saturated heterocycles. The minimum atomic E-state index is -0.0782. The molecule has 1 aliphatic carbocycles. The average Bonchev–Trinajstić information content (AvgIpc) is 3.44. The summed E-state index contributed by atoms with van der Waals surface area (Å²) < 4.78 is 0. The molecular formula is C21H30N4O3. The van der Waals surface area contributed by atoms with E-state index in [9.17, 15) is 14.4 Å². The number of nitrogens with one attached hydrogen (secondary N) is 2. The highest BCUT2D eigenvalue weighted by atomic mass is 16.2. The Bertz CT molecular complexity index is 719. The van der Waals surface area contributed by atoms with Gasteiger partial charge in [0.05, 0.1) is 0 Å². The topological polar surface area (TPSA) is 105 Å². The van der Waals surface area contributed by atoms with Gasteiger partial charge in [-0.15, -0.1) is 0 Å². The maximum atomic E-state index is 13.0. The summed E-state index contributed by atoms with van der Waals surface area (Å²) in [6.07, 6.45) is 4.13. The van der Waals surface area contributed by atoms with E-state index in [4.69, 9.17) is 5.73 Å². The summed E-state index contributed by atoms with van der Waals surface area (Å²) in [7, 11) is 0. The van der Waals surface area contributed by atoms with E-state index in [1.165, 1.54) is 0 Å². The number of nitrogens with zero attached hydrogens (tertiary/aromatic N) is 1. The van der Waals surface area contributed by atoms with Crippen molar-refractivity contribution in [2.24, 2.45) is 17.6 Å². The van der Waals surface area contributed by atoms with Crippen molar-refractivity contribution in [3.8, 4) is 0 Å². The molecule has 0 bridgehead atoms. The molecule has 3 rings (SSSR count). The third kappa shape index (κ3) is 5.10. The molecule has 1 saturated carbocycles. The minimum absolute atomic E-state index is 0.00120. The molecule has 28 heavy (non-hydrogen) atoms. The van der Waals surface area contributed by atoms with E-state index in [1.807, 2.05) is 4.90 Å². The zero-order valence-corrected chi connectivity index (χ0v) is 16.4. The van der Waals surface area contributed by atoms with Crippen LogP contribution in [0.3, 0.4) is 0 Å². The van der Waals surface area contributed by atoms with Crippen LogP contribution in [-0.4, -0.2) is 48.3 Å². The highest BCUT2D eigenvalue weighted by Crippen LogP contribution is 2.38. The fourth-order valence-electron chi connectivity index (χ4n) is 3.72. The maximum Gasteiger partial charge on any atom is 0.254 e. The van der Waals surface area contributed by atoms with Crippen LogP contribution in [-0.2, 0) is 9.59 Å². The molecule has 0 radical (unpaired) electrons. The van der Waals surface area contributed by atoms with Gasteiger partial charge in [0.1, 0.15) is 0 Å². The van der Waals surface area contributed by atoms with E-state index in [-0.39, 0.29) is 29.7 Å². The Labute approximate surface area is 166 Å². The lowest BCUT2D eigenvalue weighted by Crippen LogP contribution is -2.49. The molecule has 1 aromatic carbocycles. The second-order valence-corrected chi connectivity index (χ2v) is 7.88. The van der Waals surface area contributed by atoms with E-state index < -0.39 is 0 Å². The Hall–Kier alpha value is -2.41. The van der Waals surface area contributed by atoms with Gasteiger partial charge in [0.25, 0.3) is 5.91 Å². The van der Waals surface area contributed by atoms with Gasteiger partial charge in [-0.05, 0) is 55.9 Å². The molecule has 1 aliphatic heterocycles. The molecule has 0 spiro atoms. The number of carbonyl (C=O) groups is 3. The molecule has 152 valence electrons. The molecule has 0 aromatic heterocycles. The van der Waals surface area contributed by atoms with Crippen molar-refractivity contribution >= 4 is 23.4 Å². The van der Waals surface area contributed by atoms with Crippen LogP contribution in [0.4, 0.5) is 5.69 Å². The third-order valence-electron chi connectivity index (χ3n) is 5.64. The van der Waals surface area contributed by atoms with Crippen LogP contribution < -0.4 is 16.4 Å². The van der Waals surface area contributed by atoms with Crippen molar-refractivity contribution < 1.29 is 14.4 Å². The molecule has 2 aliphatic rings. The van der Waals surface area contributed by atoms with Crippen molar-refractivity contribution in [1.82, 2.24) is 10.2 Å². The fourth-order valence-corrected chi connectivity index (χ4v) is 3.72. The zero-order valence-electron chi connectivity index (χ0n) is 16.4. The van der Waals surface area contributed by atoms with Gasteiger partial charge in [-0.2, -0.15) is 0 Å². The van der Waals surface area contributed by atoms with Gasteiger partial charge in [-0.25, -0.2) is 0 Å². The first-order valence-electron chi connectivity index (χ1n) is 10.2. The molecule has 1 heterocycles. The predicted molar refractivity (Wildman–Crippen MR) is 108 cm³/mol. The Morgan fingerprint density at radius 1 is 1.18 bits per heavy atom. The number of hydrogen-bond donors (Lipinski definition) is 3. The Morgan fingerprint density at radius 3 is 2.54 bits per heavy atom. The number of hydrogen-bond acceptors (Lipinski definition) is 4. The van der Waals surface area contributed by atoms with Crippen LogP contribution in [0, 0.1) is 11.8 Å². The first-order valence-corrected chi connectivity index (χ1v) is 10.2. The quantitative estimate of drug-likeness (QED) is 0.664. The van der Waals surface area contributed by atoms with Gasteiger partial charge in [-0.3, -0.25) is 14.4 Å². The summed E-state index contributed by atoms with van der Waals surface area (Å²) in [5.41, 5.74) is 6.72. The van der Waals surface area contributed by atoms with Crippen molar-refractivity contribution in [3.63, 3.8) is 0 Å². The van der Waals surface area contributed by atoms with Gasteiger partial charge in [0.15, 0.2) is 0 Å². The van der Waals surface area contributed by atoms with Crippen LogP contribution in [0.5, 0.6) is 0 Å². The van der Waals surface area contributed by atoms with Gasteiger partial charge in [0, 0.05) is 49.3 Å². The van der Waals surface area contributed by atoms with Crippen LogP contribution in [0.25, 0.3) is 0 Å². The van der Waals surface area contributed by atoms with Crippen LogP contribution >= 0.6 is 0 Å². The van der Waals surface area contributed by atoms with Crippen LogP contribution in [0.15, 0.2) is 24.3 Å². The second kappa shape index (κ2) is 9.19. The van der Waals surface area contributed by atoms with Gasteiger partial charge in [0.2, 0.25) is 11.8 Å². The number of anilines is 1. The largest absolute Gasteiger partial charge is 0.354 e. The predicted octanol–water partition coefficient (Wildman–Crippen LogP) is 1.74. The first-order chi connectivity index (χ1) is 13.5. The SMILES string of the molecule is CC1CC1C(=O)Nc1ccc(C(=O)N2CCCCC2CNC(=O)CCN)cc1. The van der Waals surface area contributed by atoms with E-state index in [2.05, 4.69) is 17.6 Å². The molecule has 2 fully saturated rings. The van der Waals surface area contributed by atoms with E-state index in [1.54, 1.807) is 24.3 Å². The Morgan fingerprint density at radius 2 is 1.89 bits per heavy atom. The molecular weight excluding hydrogens is 356 g/mol. The van der Waals surface area contributed by atoms with Crippen LogP contribution in [0.1, 0.15) is 49.4 Å². The molecule has 7 heteroatoms. The normalized spacial score (nSPS) is 23.8. The Kier molecular flexibility index (Phi) is 6.67. The first kappa shape index (κ1) is 20.3. The highest BCUT2D eigenvalue weighted by Gasteiger charge is 2.39. The number of likely N-dealkylation sites (tertiary alicyclic amines) is 1. The lowest BCUT2D eigenvalue weighted by molar-refractivity contribution is -0.121. The molecule has 1 aromatic rings. The number of amides is 3. The molecule has 3 amide bonds. The summed E-state index contributed by atoms with van der Waals surface area (Å²) in [4.78, 5) is 38.6. The minimum Gasteiger partial charge on any atom is -0.354 e. The van der Waals surface area contributed by atoms with Crippen molar-refractivity contribution in [3.05, 3.63) is 29.8 Å². The Balaban J connectivity index is 1.59. The summed E-state index contributed by atoms with van der Waals surface area (Å²) in [5, 5.41) is 5.79. The van der Waals surface area contributed by atoms with Crippen LogP contribution in [0.2, 0.25) is 0 Å². The molecule has 4 N–H and O–H groups in total. The van der Waals surface area contributed by atoms with Crippen molar-refractivity contribution in [2.45, 2.75) is 45.1 Å². The summed E-state index contributed by atoms with van der Waals surface area (Å²) in [6.45, 7) is 3.54. The monoisotopic (exact) mass is 386 g/mol. The van der Waals surface area contributed by atoms with E-state index in [0.29, 0.717) is 43.2 Å². The number of piperidine rings is 1. The molecule has 7 nitrogen and oxygen atoms in total. The highest BCUT2D eigenvalue weighted by molar-refractivity contribution is 5.97. The van der Waals surface area contributed by atoms with E-state index >= 15 is 0 Å². The lowest BCUT2D eigenvalue weighted by atomic mass is 10.0. The zero-order chi connectivity index (χ0) is 20.1. The van der Waals surface area contributed by atoms with Crippen molar-refractivity contribution in [2.75, 3.05) is 25.0 Å². The molecule has 3 unspecified atom stereocenters. The number of rotatable bonds is 7. The summed E-state index contributed by atoms with van der Waals surface area (Å²) >= 11 is 0. The molecule has 3 atom stereocenters. The van der Waals surface area contributed by atoms with Crippen molar-refractivity contribution in [1.29, 1.82) is 0 Å². The smallest absolute Gasteiger partial charge is 0.254 e. The lowest BCUT2D eigenvalue weighted by Gasteiger charge is -2.36. The third-order valence-corrected chi connectivity index (χ3v) is 5.64. The fraction of sp³-hybridized carbons (Fsp3) is 0.571. The van der Waals surface area contributed by atoms with Gasteiger partial charge < -0.3 is 21.3 Å². The number of benzene rings is 1. The maximum absolute atomic E-state index is 13.0. The number of carbonyl (C=O) groups excluding carboxylic acids is 3. The summed E-state index contributed by atoms with van der Waals surface area (Å²) in [5.74, 6) is 0.514. The van der Waals surface area contributed by atoms with E-state index in [0.717, 1.165) is 25.7 Å². The van der Waals surface area contributed by atoms with Gasteiger partial charge >= 0.3 is 0 Å². The van der Waals surface area contributed by atoms with Gasteiger partial charge in [-0.1, -0.05) is 6.92 Å². The average molecular weight is 386 g/mol. The second-order valence-electron chi connectivity index (χ2n) is 7.88. The summed E-state index contributed by atoms with van der Waals surface area (Å²) in [6, 6.07) is 7.07. The number of nitrogens with two attached hydrogens (primary N) is 1.